The van der Waals surface area contributed by atoms with E-state index in [-0.39, 0.29) is 0 Å². The van der Waals surface area contributed by atoms with E-state index >= 15 is 0 Å². The maximum atomic E-state index is 11.5. The van der Waals surface area contributed by atoms with Crippen LogP contribution in [0.3, 0.4) is 0 Å². The van der Waals surface area contributed by atoms with Crippen molar-refractivity contribution in [2.24, 2.45) is 5.73 Å². The molecule has 1 amide bonds. The van der Waals surface area contributed by atoms with Gasteiger partial charge in [-0.25, -0.2) is 9.59 Å². The lowest BCUT2D eigenvalue weighted by molar-refractivity contribution is -0.169. The molecule has 0 fully saturated rings. The Morgan fingerprint density at radius 1 is 1.28 bits per heavy atom. The highest BCUT2D eigenvalue weighted by Crippen LogP contribution is 2.09. The number of hydrogen-bond donors (Lipinski definition) is 4. The van der Waals surface area contributed by atoms with Crippen molar-refractivity contribution in [1.29, 1.82) is 0 Å². The van der Waals surface area contributed by atoms with Gasteiger partial charge < -0.3 is 20.7 Å². The van der Waals surface area contributed by atoms with Crippen molar-refractivity contribution < 1.29 is 34.1 Å². The highest BCUT2D eigenvalue weighted by atomic mass is 16.6. The van der Waals surface area contributed by atoms with Gasteiger partial charge in [0.2, 0.25) is 6.04 Å². The van der Waals surface area contributed by atoms with Crippen LogP contribution in [0.25, 0.3) is 0 Å². The number of primary amides is 1. The monoisotopic (exact) mass is 262 g/mol. The number of carboxylic acids is 2. The van der Waals surface area contributed by atoms with Gasteiger partial charge in [-0.1, -0.05) is 0 Å². The normalized spacial score (nSPS) is 12.6. The summed E-state index contributed by atoms with van der Waals surface area (Å²) in [5.74, 6) is -5.23. The number of esters is 1. The van der Waals surface area contributed by atoms with Gasteiger partial charge in [0.05, 0.1) is 6.54 Å². The van der Waals surface area contributed by atoms with Gasteiger partial charge in [0, 0.05) is 0 Å². The number of rotatable bonds is 7. The number of amides is 1. The van der Waals surface area contributed by atoms with E-state index in [2.05, 4.69) is 4.74 Å². The summed E-state index contributed by atoms with van der Waals surface area (Å²) in [6.45, 7) is 1.62. The summed E-state index contributed by atoms with van der Waals surface area (Å²) in [5.41, 5.74) is 3.25. The average molecular weight is 262 g/mol. The van der Waals surface area contributed by atoms with Crippen molar-refractivity contribution in [2.75, 3.05) is 6.54 Å². The highest BCUT2D eigenvalue weighted by Gasteiger charge is 2.36. The quantitative estimate of drug-likeness (QED) is 0.301. The van der Waals surface area contributed by atoms with Gasteiger partial charge in [0.15, 0.2) is 5.60 Å². The Hall–Kier alpha value is -2.16. The lowest BCUT2D eigenvalue weighted by atomic mass is 10.1. The van der Waals surface area contributed by atoms with Crippen molar-refractivity contribution in [3.8, 4) is 0 Å². The molecule has 0 aromatic heterocycles. The van der Waals surface area contributed by atoms with Crippen LogP contribution >= 0.6 is 0 Å². The van der Waals surface area contributed by atoms with Crippen LogP contribution in [-0.4, -0.2) is 52.2 Å². The Bertz CT molecular complexity index is 377. The maximum absolute atomic E-state index is 11.5. The molecule has 0 aromatic carbocycles. The van der Waals surface area contributed by atoms with Crippen LogP contribution in [0.2, 0.25) is 0 Å². The first-order valence-electron chi connectivity index (χ1n) is 4.78. The molecular formula is C9H14N2O7. The van der Waals surface area contributed by atoms with E-state index in [9.17, 15) is 19.2 Å². The fourth-order valence-electron chi connectivity index (χ4n) is 0.822. The average Bonchev–Trinajstić information content (AvgIpc) is 2.15. The van der Waals surface area contributed by atoms with E-state index < -0.39 is 42.0 Å². The van der Waals surface area contributed by atoms with Gasteiger partial charge in [-0.05, 0) is 13.8 Å². The summed E-state index contributed by atoms with van der Waals surface area (Å²) >= 11 is 0. The highest BCUT2D eigenvalue weighted by molar-refractivity contribution is 6.00. The third-order valence-electron chi connectivity index (χ3n) is 1.89. The molecule has 0 aliphatic carbocycles. The predicted octanol–water partition coefficient (Wildman–Crippen LogP) is -2.08. The molecule has 18 heavy (non-hydrogen) atoms. The number of carboxylic acid groups (broad SMARTS) is 2. The van der Waals surface area contributed by atoms with Gasteiger partial charge >= 0.3 is 17.9 Å². The molecule has 0 radical (unpaired) electrons. The maximum Gasteiger partial charge on any atom is 0.335 e. The lowest BCUT2D eigenvalue weighted by Gasteiger charge is -2.23. The van der Waals surface area contributed by atoms with Crippen LogP contribution in [0.4, 0.5) is 0 Å². The van der Waals surface area contributed by atoms with E-state index in [0.29, 0.717) is 0 Å². The molecule has 0 saturated carbocycles. The number of nitrogens with two attached hydrogens (primary N) is 1. The van der Waals surface area contributed by atoms with Crippen LogP contribution < -0.4 is 11.1 Å². The summed E-state index contributed by atoms with van der Waals surface area (Å²) in [6, 6.07) is -1.89. The van der Waals surface area contributed by atoms with E-state index in [1.54, 1.807) is 0 Å². The molecule has 9 heteroatoms. The van der Waals surface area contributed by atoms with Crippen molar-refractivity contribution in [1.82, 2.24) is 5.32 Å². The Kier molecular flexibility index (Phi) is 5.24. The number of carbonyl (C=O) groups is 4. The zero-order valence-corrected chi connectivity index (χ0v) is 9.80. The summed E-state index contributed by atoms with van der Waals surface area (Å²) in [6.07, 6.45) is 0. The largest absolute Gasteiger partial charge is 0.480 e. The molecule has 0 spiro atoms. The van der Waals surface area contributed by atoms with Crippen molar-refractivity contribution in [3.63, 3.8) is 0 Å². The zero-order chi connectivity index (χ0) is 14.5. The van der Waals surface area contributed by atoms with Crippen LogP contribution in [0.1, 0.15) is 13.8 Å². The minimum Gasteiger partial charge on any atom is -0.480 e. The van der Waals surface area contributed by atoms with Crippen LogP contribution in [0.5, 0.6) is 0 Å². The topological polar surface area (TPSA) is 156 Å². The first-order valence-corrected chi connectivity index (χ1v) is 4.78. The Labute approximate surface area is 102 Å². The third-order valence-corrected chi connectivity index (χ3v) is 1.89. The second kappa shape index (κ2) is 5.96. The third kappa shape index (κ3) is 4.78. The van der Waals surface area contributed by atoms with Crippen molar-refractivity contribution in [2.45, 2.75) is 25.5 Å². The molecular weight excluding hydrogens is 248 g/mol. The molecule has 1 atom stereocenters. The van der Waals surface area contributed by atoms with Gasteiger partial charge in [0.25, 0.3) is 5.91 Å². The smallest absolute Gasteiger partial charge is 0.335 e. The minimum absolute atomic E-state index is 0.747. The summed E-state index contributed by atoms with van der Waals surface area (Å²) in [7, 11) is 0. The minimum atomic E-state index is -1.89. The molecule has 0 heterocycles. The Morgan fingerprint density at radius 3 is 2.11 bits per heavy atom. The van der Waals surface area contributed by atoms with E-state index in [4.69, 9.17) is 15.9 Å². The molecule has 0 aromatic rings. The fraction of sp³-hybridized carbons (Fsp3) is 0.556. The number of hydrogen-bond acceptors (Lipinski definition) is 6. The lowest BCUT2D eigenvalue weighted by Crippen LogP contribution is -2.51. The van der Waals surface area contributed by atoms with E-state index in [1.807, 2.05) is 5.32 Å². The second-order valence-electron chi connectivity index (χ2n) is 3.84. The van der Waals surface area contributed by atoms with Gasteiger partial charge in [-0.3, -0.25) is 14.9 Å². The molecule has 0 rings (SSSR count). The predicted molar refractivity (Wildman–Crippen MR) is 56.4 cm³/mol. The SMILES string of the molecule is CC(C)(OC(=O)C(NCC(=O)O)C(=O)O)C(N)=O. The molecule has 9 nitrogen and oxygen atoms in total. The molecule has 1 unspecified atom stereocenters. The van der Waals surface area contributed by atoms with Gasteiger partial charge in [0.1, 0.15) is 0 Å². The number of carbonyl (C=O) groups excluding carboxylic acids is 2. The molecule has 0 saturated heterocycles. The van der Waals surface area contributed by atoms with E-state index in [1.165, 1.54) is 13.8 Å². The zero-order valence-electron chi connectivity index (χ0n) is 9.80. The molecule has 102 valence electrons. The van der Waals surface area contributed by atoms with Crippen molar-refractivity contribution >= 4 is 23.8 Å². The van der Waals surface area contributed by atoms with Crippen LogP contribution in [0.15, 0.2) is 0 Å². The standard InChI is InChI=1S/C9H14N2O7/c1-9(2,8(10)17)18-7(16)5(6(14)15)11-3-4(12)13/h5,11H,3H2,1-2H3,(H2,10,17)(H,12,13)(H,14,15). The fourth-order valence-corrected chi connectivity index (χ4v) is 0.822. The Morgan fingerprint density at radius 2 is 1.78 bits per heavy atom. The summed E-state index contributed by atoms with van der Waals surface area (Å²) < 4.78 is 4.61. The molecule has 0 bridgehead atoms. The van der Waals surface area contributed by atoms with Crippen molar-refractivity contribution in [3.05, 3.63) is 0 Å². The van der Waals surface area contributed by atoms with Crippen LogP contribution in [-0.2, 0) is 23.9 Å². The number of aliphatic carboxylic acids is 2. The summed E-state index contributed by atoms with van der Waals surface area (Å²) in [5, 5.41) is 19.0. The molecule has 5 N–H and O–H groups in total. The first kappa shape index (κ1) is 15.8. The first-order chi connectivity index (χ1) is 8.08. The Balaban J connectivity index is 4.73. The van der Waals surface area contributed by atoms with Gasteiger partial charge in [-0.15, -0.1) is 0 Å². The summed E-state index contributed by atoms with van der Waals surface area (Å²) in [4.78, 5) is 43.3. The number of ether oxygens (including phenoxy) is 1. The van der Waals surface area contributed by atoms with E-state index in [0.717, 1.165) is 0 Å². The van der Waals surface area contributed by atoms with Gasteiger partial charge in [-0.2, -0.15) is 0 Å². The molecule has 0 aliphatic heterocycles. The molecule has 0 aliphatic rings. The number of nitrogens with one attached hydrogen (secondary N) is 1. The van der Waals surface area contributed by atoms with Crippen LogP contribution in [0, 0.1) is 0 Å². The second-order valence-corrected chi connectivity index (χ2v) is 3.84.